The molecule has 10 nitrogen and oxygen atoms in total. The van der Waals surface area contributed by atoms with Crippen molar-refractivity contribution in [2.75, 3.05) is 14.2 Å². The number of hydrogen-bond donors (Lipinski definition) is 1. The molecule has 1 N–H and O–H groups in total. The molecule has 2 fully saturated rings. The number of benzene rings is 2. The van der Waals surface area contributed by atoms with Crippen LogP contribution in [0.1, 0.15) is 69.4 Å². The molecule has 2 aromatic carbocycles. The molecule has 1 aromatic heterocycles. The molecule has 0 aliphatic heterocycles. The van der Waals surface area contributed by atoms with Crippen molar-refractivity contribution >= 4 is 11.8 Å². The summed E-state index contributed by atoms with van der Waals surface area (Å²) in [6.45, 7) is -0.189. The largest absolute Gasteiger partial charge is 0.493 e. The zero-order chi connectivity index (χ0) is 28.8. The Morgan fingerprint density at radius 2 is 1.66 bits per heavy atom. The van der Waals surface area contributed by atoms with Crippen LogP contribution in [0.2, 0.25) is 0 Å². The molecule has 41 heavy (non-hydrogen) atoms. The molecule has 3 aromatic rings. The first-order valence-corrected chi connectivity index (χ1v) is 14.3. The fourth-order valence-corrected chi connectivity index (χ4v) is 5.96. The molecule has 2 saturated carbocycles. The third kappa shape index (κ3) is 6.66. The molecule has 1 heterocycles. The number of carbonyl (C=O) groups excluding carboxylic acids is 2. The van der Waals surface area contributed by atoms with Gasteiger partial charge in [0.15, 0.2) is 11.5 Å². The minimum Gasteiger partial charge on any atom is -0.493 e. The average molecular weight is 565 g/mol. The third-order valence-electron chi connectivity index (χ3n) is 8.04. The van der Waals surface area contributed by atoms with E-state index in [9.17, 15) is 14.0 Å². The molecule has 5 rings (SSSR count). The maximum Gasteiger partial charge on any atom is 0.247 e. The van der Waals surface area contributed by atoms with Crippen LogP contribution in [0.15, 0.2) is 42.5 Å². The number of nitrogens with one attached hydrogen (secondary N) is 1. The van der Waals surface area contributed by atoms with Gasteiger partial charge >= 0.3 is 0 Å². The number of hydrogen-bond acceptors (Lipinski definition) is 7. The van der Waals surface area contributed by atoms with Gasteiger partial charge in [-0.15, -0.1) is 10.2 Å². The van der Waals surface area contributed by atoms with E-state index in [1.165, 1.54) is 16.9 Å². The van der Waals surface area contributed by atoms with Crippen molar-refractivity contribution in [1.29, 1.82) is 0 Å². The van der Waals surface area contributed by atoms with Gasteiger partial charge in [-0.2, -0.15) is 4.80 Å². The predicted octanol–water partition coefficient (Wildman–Crippen LogP) is 4.46. The Hall–Kier alpha value is -4.02. The summed E-state index contributed by atoms with van der Waals surface area (Å²) in [6, 6.07) is 10.2. The normalized spacial score (nSPS) is 16.8. The molecule has 2 aliphatic rings. The Bertz CT molecular complexity index is 1340. The SMILES string of the molecule is COc1ccc(-c2nnn(CC(=O)N(C3CCCC3)[C@@H](C(=O)NC3CCCCC3)c3ccc(F)cc3)n2)cc1OC. The molecule has 11 heteroatoms. The van der Waals surface area contributed by atoms with Gasteiger partial charge in [0.25, 0.3) is 0 Å². The second kappa shape index (κ2) is 13.1. The van der Waals surface area contributed by atoms with E-state index < -0.39 is 11.9 Å². The van der Waals surface area contributed by atoms with E-state index in [0.29, 0.717) is 28.5 Å². The van der Waals surface area contributed by atoms with Crippen LogP contribution in [-0.4, -0.2) is 63.2 Å². The number of nitrogens with zero attached hydrogens (tertiary/aromatic N) is 5. The van der Waals surface area contributed by atoms with E-state index in [-0.39, 0.29) is 30.4 Å². The monoisotopic (exact) mass is 564 g/mol. The van der Waals surface area contributed by atoms with Crippen LogP contribution in [0, 0.1) is 5.82 Å². The van der Waals surface area contributed by atoms with Crippen LogP contribution in [0.4, 0.5) is 4.39 Å². The van der Waals surface area contributed by atoms with Crippen LogP contribution in [-0.2, 0) is 16.1 Å². The highest BCUT2D eigenvalue weighted by molar-refractivity contribution is 5.89. The number of rotatable bonds is 10. The lowest BCUT2D eigenvalue weighted by molar-refractivity contribution is -0.144. The van der Waals surface area contributed by atoms with E-state index >= 15 is 0 Å². The van der Waals surface area contributed by atoms with E-state index in [1.807, 2.05) is 0 Å². The first-order valence-electron chi connectivity index (χ1n) is 14.3. The van der Waals surface area contributed by atoms with Gasteiger partial charge in [-0.3, -0.25) is 9.59 Å². The predicted molar refractivity (Wildman–Crippen MR) is 150 cm³/mol. The second-order valence-corrected chi connectivity index (χ2v) is 10.8. The Balaban J connectivity index is 1.42. The minimum atomic E-state index is -0.887. The fourth-order valence-electron chi connectivity index (χ4n) is 5.96. The lowest BCUT2D eigenvalue weighted by Crippen LogP contribution is -2.51. The van der Waals surface area contributed by atoms with Gasteiger partial charge in [-0.25, -0.2) is 4.39 Å². The summed E-state index contributed by atoms with van der Waals surface area (Å²) < 4.78 is 24.6. The van der Waals surface area contributed by atoms with Gasteiger partial charge in [-0.05, 0) is 66.8 Å². The van der Waals surface area contributed by atoms with E-state index in [1.54, 1.807) is 49.5 Å². The number of aromatic nitrogens is 4. The molecule has 0 saturated heterocycles. The maximum absolute atomic E-state index is 14.0. The molecule has 0 unspecified atom stereocenters. The van der Waals surface area contributed by atoms with Crippen molar-refractivity contribution in [2.24, 2.45) is 0 Å². The highest BCUT2D eigenvalue weighted by atomic mass is 19.1. The minimum absolute atomic E-state index is 0.0701. The highest BCUT2D eigenvalue weighted by Gasteiger charge is 2.38. The summed E-state index contributed by atoms with van der Waals surface area (Å²) in [5, 5.41) is 15.9. The Kier molecular flexibility index (Phi) is 9.11. The number of amides is 2. The third-order valence-corrected chi connectivity index (χ3v) is 8.04. The Morgan fingerprint density at radius 1 is 0.976 bits per heavy atom. The molecule has 0 spiro atoms. The van der Waals surface area contributed by atoms with Crippen LogP contribution < -0.4 is 14.8 Å². The van der Waals surface area contributed by atoms with Crippen LogP contribution in [0.25, 0.3) is 11.4 Å². The van der Waals surface area contributed by atoms with Crippen molar-refractivity contribution < 1.29 is 23.5 Å². The van der Waals surface area contributed by atoms with Crippen molar-refractivity contribution in [3.8, 4) is 22.9 Å². The van der Waals surface area contributed by atoms with Gasteiger partial charge < -0.3 is 19.7 Å². The van der Waals surface area contributed by atoms with E-state index in [0.717, 1.165) is 57.8 Å². The summed E-state index contributed by atoms with van der Waals surface area (Å²) in [4.78, 5) is 30.8. The second-order valence-electron chi connectivity index (χ2n) is 10.8. The number of carbonyl (C=O) groups is 2. The molecule has 1 atom stereocenters. The summed E-state index contributed by atoms with van der Waals surface area (Å²) in [7, 11) is 3.10. The summed E-state index contributed by atoms with van der Waals surface area (Å²) in [6.07, 6.45) is 8.66. The Morgan fingerprint density at radius 3 is 2.34 bits per heavy atom. The molecular formula is C30H37FN6O4. The van der Waals surface area contributed by atoms with Crippen molar-refractivity contribution in [2.45, 2.75) is 82.5 Å². The quantitative estimate of drug-likeness (QED) is 0.387. The first kappa shape index (κ1) is 28.5. The summed E-state index contributed by atoms with van der Waals surface area (Å²) in [5.74, 6) is 0.507. The fraction of sp³-hybridized carbons (Fsp3) is 0.500. The van der Waals surface area contributed by atoms with Gasteiger partial charge in [0.2, 0.25) is 17.6 Å². The van der Waals surface area contributed by atoms with Gasteiger partial charge in [-0.1, -0.05) is 44.2 Å². The van der Waals surface area contributed by atoms with Gasteiger partial charge in [0.05, 0.1) is 14.2 Å². The topological polar surface area (TPSA) is 111 Å². The van der Waals surface area contributed by atoms with Crippen molar-refractivity contribution in [3.05, 3.63) is 53.8 Å². The maximum atomic E-state index is 14.0. The molecule has 2 aliphatic carbocycles. The van der Waals surface area contributed by atoms with Crippen molar-refractivity contribution in [3.63, 3.8) is 0 Å². The number of halogens is 1. The average Bonchev–Trinajstić information content (AvgIpc) is 3.69. The molecule has 2 amide bonds. The zero-order valence-corrected chi connectivity index (χ0v) is 23.6. The highest BCUT2D eigenvalue weighted by Crippen LogP contribution is 2.33. The molecular weight excluding hydrogens is 527 g/mol. The lowest BCUT2D eigenvalue weighted by atomic mass is 9.94. The Labute approximate surface area is 239 Å². The summed E-state index contributed by atoms with van der Waals surface area (Å²) >= 11 is 0. The smallest absolute Gasteiger partial charge is 0.247 e. The number of tetrazole rings is 1. The number of ether oxygens (including phenoxy) is 2. The van der Waals surface area contributed by atoms with Crippen LogP contribution in [0.3, 0.4) is 0 Å². The standard InChI is InChI=1S/C30H37FN6O4/c1-40-25-17-14-21(18-26(25)41-2)29-33-35-36(34-29)19-27(38)37(24-10-6-7-11-24)28(20-12-15-22(31)16-13-20)30(39)32-23-8-4-3-5-9-23/h12-18,23-24,28H,3-11,19H2,1-2H3,(H,32,39)/t28-/m1/s1. The van der Waals surface area contributed by atoms with E-state index in [2.05, 4.69) is 20.7 Å². The van der Waals surface area contributed by atoms with Crippen molar-refractivity contribution in [1.82, 2.24) is 30.4 Å². The molecule has 218 valence electrons. The van der Waals surface area contributed by atoms with Crippen LogP contribution in [0.5, 0.6) is 11.5 Å². The molecule has 0 bridgehead atoms. The first-order chi connectivity index (χ1) is 20.0. The van der Waals surface area contributed by atoms with Gasteiger partial charge in [0.1, 0.15) is 18.4 Å². The molecule has 0 radical (unpaired) electrons. The zero-order valence-electron chi connectivity index (χ0n) is 23.6. The lowest BCUT2D eigenvalue weighted by Gasteiger charge is -2.37. The number of methoxy groups -OCH3 is 2. The van der Waals surface area contributed by atoms with Gasteiger partial charge in [0, 0.05) is 17.6 Å². The van der Waals surface area contributed by atoms with E-state index in [4.69, 9.17) is 9.47 Å². The van der Waals surface area contributed by atoms with Crippen LogP contribution >= 0.6 is 0 Å². The summed E-state index contributed by atoms with van der Waals surface area (Å²) in [5.41, 5.74) is 1.24.